The first kappa shape index (κ1) is 16.0. The van der Waals surface area contributed by atoms with Crippen molar-refractivity contribution in [2.75, 3.05) is 18.0 Å². The zero-order chi connectivity index (χ0) is 14.3. The summed E-state index contributed by atoms with van der Waals surface area (Å²) in [6, 6.07) is 7.40. The van der Waals surface area contributed by atoms with E-state index >= 15 is 0 Å². The number of benzene rings is 1. The van der Waals surface area contributed by atoms with E-state index in [1.165, 1.54) is 29.7 Å². The summed E-state index contributed by atoms with van der Waals surface area (Å²) in [7, 11) is 0. The molecule has 0 aliphatic heterocycles. The first-order chi connectivity index (χ1) is 9.08. The fraction of sp³-hybridized carbons (Fsp3) is 0.647. The monoisotopic (exact) mass is 262 g/mol. The van der Waals surface area contributed by atoms with Gasteiger partial charge in [0.1, 0.15) is 0 Å². The Morgan fingerprint density at radius 1 is 1.21 bits per heavy atom. The molecule has 2 heteroatoms. The second kappa shape index (κ2) is 8.21. The lowest BCUT2D eigenvalue weighted by Crippen LogP contribution is -2.25. The van der Waals surface area contributed by atoms with E-state index in [0.29, 0.717) is 6.04 Å². The molecule has 0 unspecified atom stereocenters. The molecule has 0 fully saturated rings. The van der Waals surface area contributed by atoms with Crippen LogP contribution in [0.5, 0.6) is 0 Å². The molecule has 2 nitrogen and oxygen atoms in total. The van der Waals surface area contributed by atoms with Gasteiger partial charge in [-0.15, -0.1) is 0 Å². The zero-order valence-electron chi connectivity index (χ0n) is 13.3. The van der Waals surface area contributed by atoms with Gasteiger partial charge in [-0.2, -0.15) is 0 Å². The normalized spacial score (nSPS) is 11.1. The molecule has 1 N–H and O–H groups in total. The van der Waals surface area contributed by atoms with Crippen LogP contribution in [0.2, 0.25) is 0 Å². The highest BCUT2D eigenvalue weighted by atomic mass is 15.1. The first-order valence-electron chi connectivity index (χ1n) is 7.66. The molecule has 108 valence electrons. The van der Waals surface area contributed by atoms with Gasteiger partial charge in [-0.05, 0) is 37.5 Å². The molecule has 0 saturated carbocycles. The smallest absolute Gasteiger partial charge is 0.0396 e. The van der Waals surface area contributed by atoms with Gasteiger partial charge in [0.2, 0.25) is 0 Å². The molecule has 0 aliphatic rings. The Balaban J connectivity index is 2.74. The number of rotatable bonds is 8. The molecule has 19 heavy (non-hydrogen) atoms. The molecule has 0 heterocycles. The van der Waals surface area contributed by atoms with Crippen molar-refractivity contribution in [1.29, 1.82) is 0 Å². The van der Waals surface area contributed by atoms with Gasteiger partial charge in [-0.3, -0.25) is 0 Å². The van der Waals surface area contributed by atoms with Crippen molar-refractivity contribution in [1.82, 2.24) is 5.32 Å². The van der Waals surface area contributed by atoms with Crippen molar-refractivity contribution in [3.8, 4) is 0 Å². The van der Waals surface area contributed by atoms with Crippen molar-refractivity contribution >= 4 is 5.69 Å². The third-order valence-electron chi connectivity index (χ3n) is 3.48. The van der Waals surface area contributed by atoms with Crippen LogP contribution in [0.4, 0.5) is 5.69 Å². The number of nitrogens with zero attached hydrogens (tertiary/aromatic N) is 1. The van der Waals surface area contributed by atoms with Gasteiger partial charge in [0.15, 0.2) is 0 Å². The summed E-state index contributed by atoms with van der Waals surface area (Å²) < 4.78 is 0. The molecule has 0 atom stereocenters. The number of unbranched alkanes of at least 4 members (excludes halogenated alkanes) is 1. The van der Waals surface area contributed by atoms with Gasteiger partial charge >= 0.3 is 0 Å². The Labute approximate surface area is 119 Å². The summed E-state index contributed by atoms with van der Waals surface area (Å²) >= 11 is 0. The summed E-state index contributed by atoms with van der Waals surface area (Å²) in [4.78, 5) is 2.48. The van der Waals surface area contributed by atoms with Crippen LogP contribution in [0.1, 0.15) is 51.7 Å². The van der Waals surface area contributed by atoms with Crippen molar-refractivity contribution in [3.05, 3.63) is 29.3 Å². The molecule has 0 aromatic heterocycles. The fourth-order valence-corrected chi connectivity index (χ4v) is 2.30. The summed E-state index contributed by atoms with van der Waals surface area (Å²) in [5.41, 5.74) is 4.16. The highest BCUT2D eigenvalue weighted by Crippen LogP contribution is 2.21. The van der Waals surface area contributed by atoms with E-state index < -0.39 is 0 Å². The maximum absolute atomic E-state index is 3.47. The lowest BCUT2D eigenvalue weighted by molar-refractivity contribution is 0.588. The maximum Gasteiger partial charge on any atom is 0.0396 e. The number of nitrogens with one attached hydrogen (secondary N) is 1. The van der Waals surface area contributed by atoms with Crippen molar-refractivity contribution in [2.45, 2.75) is 60.0 Å². The van der Waals surface area contributed by atoms with Gasteiger partial charge in [0.25, 0.3) is 0 Å². The summed E-state index contributed by atoms with van der Waals surface area (Å²) in [6.07, 6.45) is 2.52. The molecule has 0 bridgehead atoms. The van der Waals surface area contributed by atoms with Crippen LogP contribution in [0.25, 0.3) is 0 Å². The van der Waals surface area contributed by atoms with E-state index in [1.807, 2.05) is 0 Å². The van der Waals surface area contributed by atoms with Gasteiger partial charge < -0.3 is 10.2 Å². The SMILES string of the molecule is CCCCN(CC)c1ccc(CNC(C)C)cc1C. The van der Waals surface area contributed by atoms with Crippen LogP contribution >= 0.6 is 0 Å². The molecule has 0 amide bonds. The summed E-state index contributed by atoms with van der Waals surface area (Å²) in [6.45, 7) is 14.3. The predicted molar refractivity (Wildman–Crippen MR) is 85.9 cm³/mol. The zero-order valence-corrected chi connectivity index (χ0v) is 13.3. The van der Waals surface area contributed by atoms with Crippen molar-refractivity contribution < 1.29 is 0 Å². The lowest BCUT2D eigenvalue weighted by Gasteiger charge is -2.25. The third-order valence-corrected chi connectivity index (χ3v) is 3.48. The molecule has 1 aromatic carbocycles. The standard InChI is InChI=1S/C17H30N2/c1-6-8-11-19(7-2)17-10-9-16(12-15(17)5)13-18-14(3)4/h9-10,12,14,18H,6-8,11,13H2,1-5H3. The molecule has 1 aromatic rings. The van der Waals surface area contributed by atoms with Crippen molar-refractivity contribution in [3.63, 3.8) is 0 Å². The van der Waals surface area contributed by atoms with E-state index in [1.54, 1.807) is 0 Å². The minimum absolute atomic E-state index is 0.539. The van der Waals surface area contributed by atoms with Gasteiger partial charge in [-0.1, -0.05) is 39.3 Å². The maximum atomic E-state index is 3.47. The summed E-state index contributed by atoms with van der Waals surface area (Å²) in [5.74, 6) is 0. The van der Waals surface area contributed by atoms with E-state index in [0.717, 1.165) is 19.6 Å². The largest absolute Gasteiger partial charge is 0.372 e. The molecule has 0 radical (unpaired) electrons. The van der Waals surface area contributed by atoms with Gasteiger partial charge in [0.05, 0.1) is 0 Å². The molecular weight excluding hydrogens is 232 g/mol. The first-order valence-corrected chi connectivity index (χ1v) is 7.66. The minimum Gasteiger partial charge on any atom is -0.372 e. The fourth-order valence-electron chi connectivity index (χ4n) is 2.30. The van der Waals surface area contributed by atoms with Crippen LogP contribution in [-0.4, -0.2) is 19.1 Å². The molecule has 0 aliphatic carbocycles. The average molecular weight is 262 g/mol. The Morgan fingerprint density at radius 3 is 2.47 bits per heavy atom. The minimum atomic E-state index is 0.539. The molecule has 0 saturated heterocycles. The quantitative estimate of drug-likeness (QED) is 0.758. The van der Waals surface area contributed by atoms with E-state index in [2.05, 4.69) is 63.0 Å². The highest BCUT2D eigenvalue weighted by Gasteiger charge is 2.07. The Kier molecular flexibility index (Phi) is 6.93. The average Bonchev–Trinajstić information content (AvgIpc) is 2.39. The summed E-state index contributed by atoms with van der Waals surface area (Å²) in [5, 5.41) is 3.47. The molecular formula is C17H30N2. The van der Waals surface area contributed by atoms with E-state index in [9.17, 15) is 0 Å². The highest BCUT2D eigenvalue weighted by molar-refractivity contribution is 5.54. The third kappa shape index (κ3) is 5.23. The van der Waals surface area contributed by atoms with Crippen LogP contribution in [0, 0.1) is 6.92 Å². The number of aryl methyl sites for hydroxylation is 1. The predicted octanol–water partition coefficient (Wildman–Crippen LogP) is 4.12. The number of anilines is 1. The van der Waals surface area contributed by atoms with E-state index in [-0.39, 0.29) is 0 Å². The van der Waals surface area contributed by atoms with Crippen LogP contribution < -0.4 is 10.2 Å². The van der Waals surface area contributed by atoms with E-state index in [4.69, 9.17) is 0 Å². The number of hydrogen-bond donors (Lipinski definition) is 1. The Bertz CT molecular complexity index is 372. The van der Waals surface area contributed by atoms with Crippen LogP contribution in [0.15, 0.2) is 18.2 Å². The van der Waals surface area contributed by atoms with Gasteiger partial charge in [0, 0.05) is 31.4 Å². The second-order valence-electron chi connectivity index (χ2n) is 5.59. The molecule has 0 spiro atoms. The van der Waals surface area contributed by atoms with Crippen LogP contribution in [-0.2, 0) is 6.54 Å². The van der Waals surface area contributed by atoms with Crippen LogP contribution in [0.3, 0.4) is 0 Å². The molecule has 1 rings (SSSR count). The van der Waals surface area contributed by atoms with Crippen molar-refractivity contribution in [2.24, 2.45) is 0 Å². The topological polar surface area (TPSA) is 15.3 Å². The Hall–Kier alpha value is -1.02. The number of hydrogen-bond acceptors (Lipinski definition) is 2. The second-order valence-corrected chi connectivity index (χ2v) is 5.59. The van der Waals surface area contributed by atoms with Gasteiger partial charge in [-0.25, -0.2) is 0 Å². The lowest BCUT2D eigenvalue weighted by atomic mass is 10.1. The Morgan fingerprint density at radius 2 is 1.95 bits per heavy atom.